The summed E-state index contributed by atoms with van der Waals surface area (Å²) in [6, 6.07) is 7.90. The van der Waals surface area contributed by atoms with Crippen molar-refractivity contribution in [2.24, 2.45) is 0 Å². The van der Waals surface area contributed by atoms with E-state index < -0.39 is 5.79 Å². The highest BCUT2D eigenvalue weighted by molar-refractivity contribution is 5.99. The summed E-state index contributed by atoms with van der Waals surface area (Å²) in [6.45, 7) is 2.61. The number of aryl methyl sites for hydroxylation is 1. The molecule has 1 spiro atoms. The second-order valence-corrected chi connectivity index (χ2v) is 6.95. The molecule has 2 saturated heterocycles. The molecule has 6 heteroatoms. The number of para-hydroxylation sites is 1. The Kier molecular flexibility index (Phi) is 4.48. The summed E-state index contributed by atoms with van der Waals surface area (Å²) in [5.74, 6) is -0.450. The molecule has 2 amide bonds. The van der Waals surface area contributed by atoms with Gasteiger partial charge in [0.05, 0.1) is 13.2 Å². The van der Waals surface area contributed by atoms with Gasteiger partial charge in [-0.25, -0.2) is 0 Å². The van der Waals surface area contributed by atoms with Gasteiger partial charge in [0.2, 0.25) is 11.8 Å². The smallest absolute Gasteiger partial charge is 0.242 e. The number of benzene rings is 1. The molecule has 0 radical (unpaired) electrons. The number of carbonyl (C=O) groups is 2. The molecule has 6 nitrogen and oxygen atoms in total. The van der Waals surface area contributed by atoms with Crippen LogP contribution in [0.3, 0.4) is 0 Å². The average Bonchev–Trinajstić information content (AvgIpc) is 3.02. The average molecular weight is 344 g/mol. The van der Waals surface area contributed by atoms with Gasteiger partial charge < -0.3 is 19.3 Å². The summed E-state index contributed by atoms with van der Waals surface area (Å²) >= 11 is 0. The zero-order valence-electron chi connectivity index (χ0n) is 14.4. The highest BCUT2D eigenvalue weighted by Gasteiger charge is 2.41. The number of piperidine rings is 1. The van der Waals surface area contributed by atoms with E-state index in [4.69, 9.17) is 9.47 Å². The zero-order valence-corrected chi connectivity index (χ0v) is 14.4. The van der Waals surface area contributed by atoms with Crippen molar-refractivity contribution in [3.05, 3.63) is 29.8 Å². The van der Waals surface area contributed by atoms with Crippen LogP contribution in [-0.2, 0) is 25.5 Å². The Morgan fingerprint density at radius 3 is 2.56 bits per heavy atom. The molecule has 4 rings (SSSR count). The largest absolute Gasteiger partial charge is 0.347 e. The Balaban J connectivity index is 1.44. The normalized spacial score (nSPS) is 22.8. The lowest BCUT2D eigenvalue weighted by atomic mass is 10.0. The molecule has 2 fully saturated rings. The molecule has 3 aliphatic heterocycles. The summed E-state index contributed by atoms with van der Waals surface area (Å²) in [6.07, 6.45) is 3.61. The minimum Gasteiger partial charge on any atom is -0.347 e. The number of likely N-dealkylation sites (tertiary alicyclic amines) is 1. The van der Waals surface area contributed by atoms with Gasteiger partial charge in [-0.2, -0.15) is 0 Å². The maximum atomic E-state index is 12.8. The molecule has 0 aromatic heterocycles. The van der Waals surface area contributed by atoms with Crippen molar-refractivity contribution in [1.82, 2.24) is 4.90 Å². The van der Waals surface area contributed by atoms with Crippen LogP contribution in [-0.4, -0.2) is 55.3 Å². The van der Waals surface area contributed by atoms with Crippen LogP contribution < -0.4 is 4.90 Å². The molecule has 134 valence electrons. The first-order valence-corrected chi connectivity index (χ1v) is 9.11. The summed E-state index contributed by atoms with van der Waals surface area (Å²) in [7, 11) is 0. The minimum absolute atomic E-state index is 0.00194. The molecule has 1 aromatic rings. The summed E-state index contributed by atoms with van der Waals surface area (Å²) in [4.78, 5) is 28.8. The van der Waals surface area contributed by atoms with Gasteiger partial charge in [0.1, 0.15) is 6.54 Å². The second-order valence-electron chi connectivity index (χ2n) is 6.95. The summed E-state index contributed by atoms with van der Waals surface area (Å²) < 4.78 is 11.4. The number of nitrogens with zero attached hydrogens (tertiary/aromatic N) is 2. The predicted molar refractivity (Wildman–Crippen MR) is 92.2 cm³/mol. The van der Waals surface area contributed by atoms with Crippen molar-refractivity contribution in [2.45, 2.75) is 37.9 Å². The zero-order chi connectivity index (χ0) is 17.3. The Morgan fingerprint density at radius 2 is 1.80 bits per heavy atom. The number of rotatable bonds is 2. The fourth-order valence-electron chi connectivity index (χ4n) is 3.98. The van der Waals surface area contributed by atoms with Gasteiger partial charge in [-0.3, -0.25) is 9.59 Å². The molecule has 3 heterocycles. The van der Waals surface area contributed by atoms with E-state index in [0.29, 0.717) is 45.6 Å². The molecular weight excluding hydrogens is 320 g/mol. The fraction of sp³-hybridized carbons (Fsp3) is 0.579. The third-order valence-corrected chi connectivity index (χ3v) is 5.41. The molecule has 0 bridgehead atoms. The van der Waals surface area contributed by atoms with Crippen LogP contribution in [0.15, 0.2) is 24.3 Å². The van der Waals surface area contributed by atoms with Crippen molar-refractivity contribution in [2.75, 3.05) is 37.7 Å². The van der Waals surface area contributed by atoms with Crippen molar-refractivity contribution >= 4 is 17.5 Å². The SMILES string of the molecule is O=C(CN1C(=O)CCCc2ccccc21)N1CCC2(CC1)OCCO2. The number of carbonyl (C=O) groups excluding carboxylic acids is 2. The molecule has 25 heavy (non-hydrogen) atoms. The molecule has 1 aromatic carbocycles. The highest BCUT2D eigenvalue weighted by Crippen LogP contribution is 2.32. The Bertz CT molecular complexity index is 659. The van der Waals surface area contributed by atoms with Gasteiger partial charge in [-0.1, -0.05) is 18.2 Å². The lowest BCUT2D eigenvalue weighted by molar-refractivity contribution is -0.187. The van der Waals surface area contributed by atoms with E-state index in [1.165, 1.54) is 0 Å². The first-order chi connectivity index (χ1) is 12.2. The maximum absolute atomic E-state index is 12.8. The lowest BCUT2D eigenvalue weighted by Crippen LogP contribution is -2.50. The van der Waals surface area contributed by atoms with Crippen molar-refractivity contribution in [3.8, 4) is 0 Å². The number of anilines is 1. The van der Waals surface area contributed by atoms with E-state index in [0.717, 1.165) is 24.1 Å². The Morgan fingerprint density at radius 1 is 1.08 bits per heavy atom. The summed E-state index contributed by atoms with van der Waals surface area (Å²) in [5.41, 5.74) is 2.03. The molecule has 0 unspecified atom stereocenters. The van der Waals surface area contributed by atoms with Crippen LogP contribution >= 0.6 is 0 Å². The standard InChI is InChI=1S/C19H24N2O4/c22-17-7-3-5-15-4-1-2-6-16(15)21(17)14-18(23)20-10-8-19(9-11-20)24-12-13-25-19/h1-2,4,6H,3,5,7-14H2. The van der Waals surface area contributed by atoms with Gasteiger partial charge in [-0.15, -0.1) is 0 Å². The fourth-order valence-corrected chi connectivity index (χ4v) is 3.98. The minimum atomic E-state index is -0.484. The lowest BCUT2D eigenvalue weighted by Gasteiger charge is -2.38. The van der Waals surface area contributed by atoms with Crippen LogP contribution in [0, 0.1) is 0 Å². The predicted octanol–water partition coefficient (Wildman–Crippen LogP) is 1.72. The quantitative estimate of drug-likeness (QED) is 0.820. The van der Waals surface area contributed by atoms with Crippen LogP contribution in [0.4, 0.5) is 5.69 Å². The summed E-state index contributed by atoms with van der Waals surface area (Å²) in [5, 5.41) is 0. The monoisotopic (exact) mass is 344 g/mol. The van der Waals surface area contributed by atoms with Crippen molar-refractivity contribution < 1.29 is 19.1 Å². The van der Waals surface area contributed by atoms with E-state index in [1.54, 1.807) is 4.90 Å². The Labute approximate surface area is 147 Å². The number of amides is 2. The number of hydrogen-bond acceptors (Lipinski definition) is 4. The van der Waals surface area contributed by atoms with Crippen molar-refractivity contribution in [3.63, 3.8) is 0 Å². The van der Waals surface area contributed by atoms with Gasteiger partial charge in [0.15, 0.2) is 5.79 Å². The van der Waals surface area contributed by atoms with Gasteiger partial charge in [0.25, 0.3) is 0 Å². The van der Waals surface area contributed by atoms with Gasteiger partial charge in [0, 0.05) is 38.0 Å². The van der Waals surface area contributed by atoms with E-state index >= 15 is 0 Å². The van der Waals surface area contributed by atoms with Crippen LogP contribution in [0.2, 0.25) is 0 Å². The maximum Gasteiger partial charge on any atom is 0.242 e. The van der Waals surface area contributed by atoms with E-state index in [1.807, 2.05) is 29.2 Å². The topological polar surface area (TPSA) is 59.1 Å². The number of fused-ring (bicyclic) bond motifs is 1. The molecule has 0 N–H and O–H groups in total. The molecule has 0 aliphatic carbocycles. The molecule has 0 atom stereocenters. The highest BCUT2D eigenvalue weighted by atomic mass is 16.7. The molecule has 0 saturated carbocycles. The number of ether oxygens (including phenoxy) is 2. The Hall–Kier alpha value is -1.92. The molecular formula is C19H24N2O4. The van der Waals surface area contributed by atoms with Crippen LogP contribution in [0.1, 0.15) is 31.2 Å². The first kappa shape index (κ1) is 16.5. The third-order valence-electron chi connectivity index (χ3n) is 5.41. The first-order valence-electron chi connectivity index (χ1n) is 9.11. The number of hydrogen-bond donors (Lipinski definition) is 0. The van der Waals surface area contributed by atoms with Gasteiger partial charge in [-0.05, 0) is 24.5 Å². The van der Waals surface area contributed by atoms with E-state index in [-0.39, 0.29) is 18.4 Å². The molecule has 3 aliphatic rings. The van der Waals surface area contributed by atoms with Crippen LogP contribution in [0.25, 0.3) is 0 Å². The van der Waals surface area contributed by atoms with E-state index in [2.05, 4.69) is 0 Å². The third kappa shape index (κ3) is 3.28. The van der Waals surface area contributed by atoms with E-state index in [9.17, 15) is 9.59 Å². The second kappa shape index (κ2) is 6.77. The van der Waals surface area contributed by atoms with Crippen LogP contribution in [0.5, 0.6) is 0 Å². The van der Waals surface area contributed by atoms with Crippen molar-refractivity contribution in [1.29, 1.82) is 0 Å². The van der Waals surface area contributed by atoms with Gasteiger partial charge >= 0.3 is 0 Å².